The van der Waals surface area contributed by atoms with Crippen LogP contribution in [0.3, 0.4) is 0 Å². The molecule has 1 nitrogen and oxygen atoms in total. The maximum absolute atomic E-state index is 10.8. The van der Waals surface area contributed by atoms with Crippen molar-refractivity contribution >= 4 is 5.78 Å². The summed E-state index contributed by atoms with van der Waals surface area (Å²) in [4.78, 5) is 10.8. The first-order valence-corrected chi connectivity index (χ1v) is 3.51. The molecule has 0 atom stereocenters. The third kappa shape index (κ3) is 5.29. The van der Waals surface area contributed by atoms with Crippen LogP contribution in [0.5, 0.6) is 0 Å². The molecule has 0 spiro atoms. The molecule has 0 saturated carbocycles. The van der Waals surface area contributed by atoms with E-state index in [4.69, 9.17) is 0 Å². The molecule has 0 amide bonds. The monoisotopic (exact) mass is 138 g/mol. The number of rotatable bonds is 3. The summed E-state index contributed by atoms with van der Waals surface area (Å²) in [6.07, 6.45) is 6.79. The van der Waals surface area contributed by atoms with Crippen molar-refractivity contribution in [3.05, 3.63) is 24.3 Å². The largest absolute Gasteiger partial charge is 0.290 e. The van der Waals surface area contributed by atoms with Crippen molar-refractivity contribution in [3.63, 3.8) is 0 Å². The van der Waals surface area contributed by atoms with E-state index in [9.17, 15) is 4.79 Å². The first kappa shape index (κ1) is 9.15. The Labute approximate surface area is 62.4 Å². The van der Waals surface area contributed by atoms with E-state index in [0.717, 1.165) is 0 Å². The third-order valence-electron chi connectivity index (χ3n) is 0.976. The van der Waals surface area contributed by atoms with Gasteiger partial charge in [-0.2, -0.15) is 0 Å². The SMILES string of the molecule is C/C=C/C(=O)/C=C\C(C)C. The summed E-state index contributed by atoms with van der Waals surface area (Å²) >= 11 is 0. The van der Waals surface area contributed by atoms with Crippen LogP contribution in [0.25, 0.3) is 0 Å². The van der Waals surface area contributed by atoms with Crippen molar-refractivity contribution in [3.8, 4) is 0 Å². The number of carbonyl (C=O) groups is 1. The second kappa shape index (κ2) is 4.98. The van der Waals surface area contributed by atoms with Crippen LogP contribution >= 0.6 is 0 Å². The third-order valence-corrected chi connectivity index (χ3v) is 0.976. The van der Waals surface area contributed by atoms with Crippen molar-refractivity contribution in [1.29, 1.82) is 0 Å². The van der Waals surface area contributed by atoms with Gasteiger partial charge in [-0.1, -0.05) is 26.0 Å². The highest BCUT2D eigenvalue weighted by Crippen LogP contribution is 1.93. The fourth-order valence-electron chi connectivity index (χ4n) is 0.507. The van der Waals surface area contributed by atoms with E-state index in [1.54, 1.807) is 18.2 Å². The van der Waals surface area contributed by atoms with Gasteiger partial charge in [0.2, 0.25) is 0 Å². The molecule has 0 saturated heterocycles. The normalized spacial score (nSPS) is 12.0. The number of carbonyl (C=O) groups excluding carboxylic acids is 1. The summed E-state index contributed by atoms with van der Waals surface area (Å²) in [5.74, 6) is 0.519. The Morgan fingerprint density at radius 3 is 2.30 bits per heavy atom. The molecule has 1 heteroatoms. The quantitative estimate of drug-likeness (QED) is 0.547. The van der Waals surface area contributed by atoms with Crippen LogP contribution in [0.1, 0.15) is 20.8 Å². The van der Waals surface area contributed by atoms with E-state index >= 15 is 0 Å². The Hall–Kier alpha value is -0.850. The predicted octanol–water partition coefficient (Wildman–Crippen LogP) is 2.34. The zero-order valence-corrected chi connectivity index (χ0v) is 6.79. The number of ketones is 1. The molecule has 0 bridgehead atoms. The van der Waals surface area contributed by atoms with Gasteiger partial charge in [0.25, 0.3) is 0 Å². The molecule has 0 radical (unpaired) electrons. The first-order valence-electron chi connectivity index (χ1n) is 3.51. The summed E-state index contributed by atoms with van der Waals surface area (Å²) in [6.45, 7) is 5.92. The topological polar surface area (TPSA) is 17.1 Å². The van der Waals surface area contributed by atoms with E-state index < -0.39 is 0 Å². The predicted molar refractivity (Wildman–Crippen MR) is 43.8 cm³/mol. The Morgan fingerprint density at radius 2 is 1.90 bits per heavy atom. The highest BCUT2D eigenvalue weighted by atomic mass is 16.1. The van der Waals surface area contributed by atoms with Crippen LogP contribution in [-0.2, 0) is 4.79 Å². The van der Waals surface area contributed by atoms with Gasteiger partial charge in [0.05, 0.1) is 0 Å². The van der Waals surface area contributed by atoms with Gasteiger partial charge in [0, 0.05) is 0 Å². The minimum absolute atomic E-state index is 0.0659. The lowest BCUT2D eigenvalue weighted by molar-refractivity contribution is -0.110. The molecular formula is C9H14O. The zero-order valence-electron chi connectivity index (χ0n) is 6.79. The van der Waals surface area contributed by atoms with Crippen LogP contribution in [0.4, 0.5) is 0 Å². The number of allylic oxidation sites excluding steroid dienone is 4. The van der Waals surface area contributed by atoms with Gasteiger partial charge in [-0.25, -0.2) is 0 Å². The fraction of sp³-hybridized carbons (Fsp3) is 0.444. The van der Waals surface area contributed by atoms with E-state index in [-0.39, 0.29) is 5.78 Å². The van der Waals surface area contributed by atoms with Gasteiger partial charge in [-0.15, -0.1) is 0 Å². The molecule has 0 heterocycles. The molecular weight excluding hydrogens is 124 g/mol. The fourth-order valence-corrected chi connectivity index (χ4v) is 0.507. The summed E-state index contributed by atoms with van der Waals surface area (Å²) in [5, 5.41) is 0. The van der Waals surface area contributed by atoms with Crippen LogP contribution in [0.2, 0.25) is 0 Å². The average molecular weight is 138 g/mol. The average Bonchev–Trinajstić information content (AvgIpc) is 1.85. The van der Waals surface area contributed by atoms with Crippen LogP contribution < -0.4 is 0 Å². The molecule has 0 aromatic rings. The van der Waals surface area contributed by atoms with Crippen molar-refractivity contribution in [1.82, 2.24) is 0 Å². The number of hydrogen-bond acceptors (Lipinski definition) is 1. The van der Waals surface area contributed by atoms with Gasteiger partial charge in [-0.05, 0) is 25.0 Å². The van der Waals surface area contributed by atoms with Gasteiger partial charge in [-0.3, -0.25) is 4.79 Å². The minimum Gasteiger partial charge on any atom is -0.290 e. The van der Waals surface area contributed by atoms with Gasteiger partial charge in [0.1, 0.15) is 0 Å². The Kier molecular flexibility index (Phi) is 4.55. The molecule has 10 heavy (non-hydrogen) atoms. The second-order valence-corrected chi connectivity index (χ2v) is 2.51. The molecule has 0 N–H and O–H groups in total. The molecule has 0 aliphatic rings. The van der Waals surface area contributed by atoms with E-state index in [0.29, 0.717) is 5.92 Å². The zero-order chi connectivity index (χ0) is 7.98. The second-order valence-electron chi connectivity index (χ2n) is 2.51. The van der Waals surface area contributed by atoms with Crippen molar-refractivity contribution in [2.75, 3.05) is 0 Å². The Balaban J connectivity index is 3.78. The maximum Gasteiger partial charge on any atom is 0.177 e. The maximum atomic E-state index is 10.8. The van der Waals surface area contributed by atoms with Crippen LogP contribution in [0.15, 0.2) is 24.3 Å². The molecule has 0 aliphatic heterocycles. The van der Waals surface area contributed by atoms with Gasteiger partial charge in [0.15, 0.2) is 5.78 Å². The molecule has 0 aromatic heterocycles. The number of hydrogen-bond donors (Lipinski definition) is 0. The minimum atomic E-state index is 0.0659. The van der Waals surface area contributed by atoms with Crippen molar-refractivity contribution in [2.45, 2.75) is 20.8 Å². The van der Waals surface area contributed by atoms with Gasteiger partial charge >= 0.3 is 0 Å². The van der Waals surface area contributed by atoms with E-state index in [1.165, 1.54) is 0 Å². The molecule has 0 aromatic carbocycles. The molecule has 0 unspecified atom stereocenters. The molecule has 0 rings (SSSR count). The first-order chi connectivity index (χ1) is 4.66. The Bertz CT molecular complexity index is 152. The molecule has 0 aliphatic carbocycles. The summed E-state index contributed by atoms with van der Waals surface area (Å²) in [7, 11) is 0. The highest BCUT2D eigenvalue weighted by Gasteiger charge is 1.87. The lowest BCUT2D eigenvalue weighted by atomic mass is 10.2. The van der Waals surface area contributed by atoms with Crippen LogP contribution in [-0.4, -0.2) is 5.78 Å². The molecule has 0 fully saturated rings. The van der Waals surface area contributed by atoms with Crippen molar-refractivity contribution < 1.29 is 4.79 Å². The van der Waals surface area contributed by atoms with Gasteiger partial charge < -0.3 is 0 Å². The lowest BCUT2D eigenvalue weighted by Gasteiger charge is -1.89. The Morgan fingerprint density at radius 1 is 1.30 bits per heavy atom. The van der Waals surface area contributed by atoms with Crippen LogP contribution in [0, 0.1) is 5.92 Å². The summed E-state index contributed by atoms with van der Waals surface area (Å²) in [5.41, 5.74) is 0. The smallest absolute Gasteiger partial charge is 0.177 e. The molecule has 56 valence electrons. The van der Waals surface area contributed by atoms with E-state index in [1.807, 2.05) is 26.8 Å². The van der Waals surface area contributed by atoms with E-state index in [2.05, 4.69) is 0 Å². The standard InChI is InChI=1S/C9H14O/c1-4-5-9(10)7-6-8(2)3/h4-8H,1-3H3/b5-4+,7-6-. The van der Waals surface area contributed by atoms with Crippen molar-refractivity contribution in [2.24, 2.45) is 5.92 Å². The lowest BCUT2D eigenvalue weighted by Crippen LogP contribution is -1.86. The highest BCUT2D eigenvalue weighted by molar-refractivity contribution is 5.99. The summed E-state index contributed by atoms with van der Waals surface area (Å²) < 4.78 is 0. The summed E-state index contributed by atoms with van der Waals surface area (Å²) in [6, 6.07) is 0.